The summed E-state index contributed by atoms with van der Waals surface area (Å²) in [5.41, 5.74) is 0.904. The second-order valence-corrected chi connectivity index (χ2v) is 6.06. The van der Waals surface area contributed by atoms with E-state index in [4.69, 9.17) is 0 Å². The molecule has 0 unspecified atom stereocenters. The average molecular weight is 287 g/mol. The molecule has 3 N–H and O–H groups in total. The van der Waals surface area contributed by atoms with Crippen LogP contribution in [-0.2, 0) is 0 Å². The topological polar surface area (TPSA) is 65.6 Å². The number of anilines is 1. The van der Waals surface area contributed by atoms with Crippen LogP contribution in [0.1, 0.15) is 38.5 Å². The quantitative estimate of drug-likeness (QED) is 0.809. The molecule has 114 valence electrons. The molecule has 0 saturated heterocycles. The van der Waals surface area contributed by atoms with Crippen LogP contribution in [0.4, 0.5) is 5.82 Å². The lowest BCUT2D eigenvalue weighted by atomic mass is 9.85. The Balaban J connectivity index is 0.000000186. The maximum atomic E-state index is 4.27. The fraction of sp³-hybridized carbons (Fsp3) is 0.625. The van der Waals surface area contributed by atoms with E-state index < -0.39 is 0 Å². The number of hydrogen-bond acceptors (Lipinski definition) is 4. The van der Waals surface area contributed by atoms with Crippen LogP contribution >= 0.6 is 0 Å². The molecule has 0 amide bonds. The smallest absolute Gasteiger partial charge is 0.142 e. The highest BCUT2D eigenvalue weighted by Gasteiger charge is 2.17. The van der Waals surface area contributed by atoms with E-state index in [-0.39, 0.29) is 0 Å². The molecule has 0 radical (unpaired) electrons. The number of rotatable bonds is 4. The Kier molecular flexibility index (Phi) is 4.70. The first-order chi connectivity index (χ1) is 10.4. The summed E-state index contributed by atoms with van der Waals surface area (Å²) < 4.78 is 0. The van der Waals surface area contributed by atoms with Gasteiger partial charge in [-0.15, -0.1) is 0 Å². The van der Waals surface area contributed by atoms with Crippen LogP contribution in [0.15, 0.2) is 18.6 Å². The van der Waals surface area contributed by atoms with Crippen LogP contribution < -0.4 is 10.6 Å². The van der Waals surface area contributed by atoms with Crippen molar-refractivity contribution >= 4 is 16.9 Å². The monoisotopic (exact) mass is 287 g/mol. The number of aromatic amines is 1. The Morgan fingerprint density at radius 3 is 2.57 bits per heavy atom. The van der Waals surface area contributed by atoms with Gasteiger partial charge in [-0.2, -0.15) is 0 Å². The Morgan fingerprint density at radius 2 is 2.00 bits per heavy atom. The molecule has 0 bridgehead atoms. The third kappa shape index (κ3) is 3.53. The lowest BCUT2D eigenvalue weighted by molar-refractivity contribution is 0.333. The van der Waals surface area contributed by atoms with Gasteiger partial charge >= 0.3 is 0 Å². The van der Waals surface area contributed by atoms with E-state index in [0.29, 0.717) is 0 Å². The van der Waals surface area contributed by atoms with E-state index >= 15 is 0 Å². The fourth-order valence-corrected chi connectivity index (χ4v) is 2.65. The van der Waals surface area contributed by atoms with E-state index in [1.165, 1.54) is 38.5 Å². The molecule has 2 aliphatic rings. The Labute approximate surface area is 126 Å². The van der Waals surface area contributed by atoms with Gasteiger partial charge in [0.15, 0.2) is 0 Å². The molecule has 0 aliphatic heterocycles. The summed E-state index contributed by atoms with van der Waals surface area (Å²) in [4.78, 5) is 11.5. The van der Waals surface area contributed by atoms with Crippen LogP contribution in [0.3, 0.4) is 0 Å². The van der Waals surface area contributed by atoms with E-state index in [9.17, 15) is 0 Å². The van der Waals surface area contributed by atoms with Gasteiger partial charge in [-0.05, 0) is 44.7 Å². The standard InChI is InChI=1S/C11H14N4.C5H11N/c1-2-8(3-1)6-13-11-9-4-5-12-10(9)14-7-15-11;1-6-5-3-2-4-5/h4-5,7-8H,1-3,6H2,(H2,12,13,14,15);5-6H,2-4H2,1H3. The Morgan fingerprint density at radius 1 is 1.19 bits per heavy atom. The normalized spacial score (nSPS) is 18.5. The minimum Gasteiger partial charge on any atom is -0.369 e. The van der Waals surface area contributed by atoms with E-state index in [1.807, 2.05) is 19.3 Å². The lowest BCUT2D eigenvalue weighted by Gasteiger charge is -2.25. The molecule has 2 aliphatic carbocycles. The van der Waals surface area contributed by atoms with Gasteiger partial charge < -0.3 is 15.6 Å². The molecule has 0 atom stereocenters. The van der Waals surface area contributed by atoms with Crippen molar-refractivity contribution in [1.82, 2.24) is 20.3 Å². The molecule has 4 rings (SSSR count). The first-order valence-corrected chi connectivity index (χ1v) is 8.06. The molecule has 2 saturated carbocycles. The molecule has 2 aromatic rings. The van der Waals surface area contributed by atoms with Gasteiger partial charge in [0, 0.05) is 18.8 Å². The third-order valence-electron chi connectivity index (χ3n) is 4.65. The van der Waals surface area contributed by atoms with Gasteiger partial charge in [0.25, 0.3) is 0 Å². The van der Waals surface area contributed by atoms with Gasteiger partial charge in [-0.25, -0.2) is 9.97 Å². The summed E-state index contributed by atoms with van der Waals surface area (Å²) in [7, 11) is 2.03. The summed E-state index contributed by atoms with van der Waals surface area (Å²) in [5, 5.41) is 7.69. The number of aromatic nitrogens is 3. The van der Waals surface area contributed by atoms with Crippen molar-refractivity contribution in [3.05, 3.63) is 18.6 Å². The molecule has 0 aromatic carbocycles. The minimum absolute atomic E-state index is 0.842. The summed E-state index contributed by atoms with van der Waals surface area (Å²) in [6, 6.07) is 2.88. The lowest BCUT2D eigenvalue weighted by Crippen LogP contribution is -2.31. The number of nitrogens with zero attached hydrogens (tertiary/aromatic N) is 2. The molecule has 2 heterocycles. The molecule has 21 heavy (non-hydrogen) atoms. The Hall–Kier alpha value is -1.62. The van der Waals surface area contributed by atoms with Gasteiger partial charge in [0.2, 0.25) is 0 Å². The second kappa shape index (κ2) is 6.89. The highest BCUT2D eigenvalue weighted by molar-refractivity contribution is 5.86. The van der Waals surface area contributed by atoms with Crippen molar-refractivity contribution in [2.45, 2.75) is 44.6 Å². The molecule has 0 spiro atoms. The van der Waals surface area contributed by atoms with E-state index in [2.05, 4.69) is 25.6 Å². The van der Waals surface area contributed by atoms with Crippen LogP contribution in [0, 0.1) is 5.92 Å². The van der Waals surface area contributed by atoms with Crippen LogP contribution in [-0.4, -0.2) is 34.6 Å². The number of fused-ring (bicyclic) bond motifs is 1. The zero-order valence-electron chi connectivity index (χ0n) is 12.7. The van der Waals surface area contributed by atoms with Crippen LogP contribution in [0.2, 0.25) is 0 Å². The zero-order chi connectivity index (χ0) is 14.5. The predicted molar refractivity (Wildman–Crippen MR) is 86.4 cm³/mol. The molecule has 5 heteroatoms. The molecular formula is C16H25N5. The van der Waals surface area contributed by atoms with Gasteiger partial charge in [-0.1, -0.05) is 12.8 Å². The van der Waals surface area contributed by atoms with Crippen molar-refractivity contribution in [2.24, 2.45) is 5.92 Å². The number of H-pyrrole nitrogens is 1. The SMILES string of the molecule is CNC1CCC1.c1nc(NCC2CCC2)c2cc[nH]c2n1. The highest BCUT2D eigenvalue weighted by Crippen LogP contribution is 2.27. The molecule has 2 fully saturated rings. The first-order valence-electron chi connectivity index (χ1n) is 8.06. The van der Waals surface area contributed by atoms with Crippen LogP contribution in [0.25, 0.3) is 11.0 Å². The van der Waals surface area contributed by atoms with Crippen molar-refractivity contribution in [3.8, 4) is 0 Å². The maximum absolute atomic E-state index is 4.27. The first kappa shape index (κ1) is 14.3. The van der Waals surface area contributed by atoms with Crippen LogP contribution in [0.5, 0.6) is 0 Å². The largest absolute Gasteiger partial charge is 0.369 e. The molecule has 2 aromatic heterocycles. The van der Waals surface area contributed by atoms with Gasteiger partial charge in [0.05, 0.1) is 5.39 Å². The van der Waals surface area contributed by atoms with Crippen molar-refractivity contribution in [1.29, 1.82) is 0 Å². The number of hydrogen-bond donors (Lipinski definition) is 3. The zero-order valence-corrected chi connectivity index (χ0v) is 12.7. The second-order valence-electron chi connectivity index (χ2n) is 6.06. The van der Waals surface area contributed by atoms with Gasteiger partial charge in [0.1, 0.15) is 17.8 Å². The van der Waals surface area contributed by atoms with Gasteiger partial charge in [-0.3, -0.25) is 0 Å². The third-order valence-corrected chi connectivity index (χ3v) is 4.65. The summed E-state index contributed by atoms with van der Waals surface area (Å²) in [6.45, 7) is 1.04. The predicted octanol–water partition coefficient (Wildman–Crippen LogP) is 2.93. The average Bonchev–Trinajstić information content (AvgIpc) is 2.85. The van der Waals surface area contributed by atoms with Crippen molar-refractivity contribution in [2.75, 3.05) is 18.9 Å². The van der Waals surface area contributed by atoms with E-state index in [1.54, 1.807) is 6.33 Å². The van der Waals surface area contributed by atoms with Crippen molar-refractivity contribution in [3.63, 3.8) is 0 Å². The number of nitrogens with one attached hydrogen (secondary N) is 3. The van der Waals surface area contributed by atoms with E-state index in [0.717, 1.165) is 35.4 Å². The van der Waals surface area contributed by atoms with Crippen molar-refractivity contribution < 1.29 is 0 Å². The Bertz CT molecular complexity index is 554. The molecular weight excluding hydrogens is 262 g/mol. The summed E-state index contributed by atoms with van der Waals surface area (Å²) in [5.74, 6) is 1.79. The fourth-order valence-electron chi connectivity index (χ4n) is 2.65. The maximum Gasteiger partial charge on any atom is 0.142 e. The molecule has 5 nitrogen and oxygen atoms in total. The summed E-state index contributed by atoms with van der Waals surface area (Å²) >= 11 is 0. The minimum atomic E-state index is 0.842. The highest BCUT2D eigenvalue weighted by atomic mass is 15.0. The summed E-state index contributed by atoms with van der Waals surface area (Å²) in [6.07, 6.45) is 11.8.